The van der Waals surface area contributed by atoms with E-state index in [1.54, 1.807) is 0 Å². The molecule has 95 heavy (non-hydrogen) atoms. The van der Waals surface area contributed by atoms with Crippen LogP contribution in [0.4, 0.5) is 0 Å². The van der Waals surface area contributed by atoms with Crippen LogP contribution >= 0.6 is 0 Å². The van der Waals surface area contributed by atoms with E-state index in [1.165, 1.54) is 271 Å². The first-order valence-electron chi connectivity index (χ1n) is 35.1. The van der Waals surface area contributed by atoms with Crippen molar-refractivity contribution >= 4 is 87.2 Å². The second-order valence-electron chi connectivity index (χ2n) is 30.6. The highest BCUT2D eigenvalue weighted by Gasteiger charge is 2.40. The molecule has 0 radical (unpaired) electrons. The van der Waals surface area contributed by atoms with E-state index in [2.05, 4.69) is 260 Å². The summed E-state index contributed by atoms with van der Waals surface area (Å²) in [5, 5.41) is 24.3. The molecule has 0 spiro atoms. The van der Waals surface area contributed by atoms with Crippen LogP contribution in [0.15, 0.2) is 0 Å². The summed E-state index contributed by atoms with van der Waals surface area (Å²) >= 11 is 0. The molecule has 488 valence electrons. The number of nitrogens with zero attached hydrogens (tertiary/aromatic N) is 5. The molecule has 0 aliphatic carbocycles. The quantitative estimate of drug-likeness (QED) is 0.169. The van der Waals surface area contributed by atoms with Crippen LogP contribution in [0.25, 0.3) is 110 Å². The number of hydrogen-bond acceptors (Lipinski definition) is 1. The SMILES string of the molecule is Cc1c(C)c(C)c2c(c1C)c1c(C)c(C)c(C)c(C)c1n2-c1c(C#N)c(-n2c3c(C)c(C)c(C)c(C)c3c3c(C)c(C)c(C)c(C)c32)c(-n2c3c(C)c(C)c(C)c(C)c3c3c(C)c(C)c(C)c(C)c32)c(C(C)C)c1-n1c2c(C)c(C)c(C)c(C)c2c2c(C)c(C)c(C)c(C)c21. The van der Waals surface area contributed by atoms with Gasteiger partial charge in [-0.15, -0.1) is 0 Å². The van der Waals surface area contributed by atoms with Gasteiger partial charge in [-0.05, 0) is 406 Å². The van der Waals surface area contributed by atoms with E-state index in [1.807, 2.05) is 0 Å². The third kappa shape index (κ3) is 7.78. The van der Waals surface area contributed by atoms with Gasteiger partial charge in [0, 0.05) is 48.7 Å². The Morgan fingerprint density at radius 3 is 0.442 bits per heavy atom. The number of nitriles is 1. The van der Waals surface area contributed by atoms with Gasteiger partial charge >= 0.3 is 0 Å². The van der Waals surface area contributed by atoms with Gasteiger partial charge in [-0.2, -0.15) is 5.26 Å². The summed E-state index contributed by atoms with van der Waals surface area (Å²) < 4.78 is 11.0. The van der Waals surface area contributed by atoms with Crippen molar-refractivity contribution in [2.75, 3.05) is 0 Å². The lowest BCUT2D eigenvalue weighted by atomic mass is 9.90. The predicted molar refractivity (Wildman–Crippen MR) is 414 cm³/mol. The van der Waals surface area contributed by atoms with E-state index in [0.717, 1.165) is 22.7 Å². The summed E-state index contributed by atoms with van der Waals surface area (Å²) in [5.74, 6) is -0.134. The molecule has 0 fully saturated rings. The van der Waals surface area contributed by atoms with E-state index < -0.39 is 0 Å². The first-order valence-corrected chi connectivity index (χ1v) is 35.1. The fourth-order valence-electron chi connectivity index (χ4n) is 18.6. The van der Waals surface area contributed by atoms with Crippen LogP contribution in [0, 0.1) is 233 Å². The molecule has 0 amide bonds. The smallest absolute Gasteiger partial charge is 0.104 e. The van der Waals surface area contributed by atoms with E-state index in [0.29, 0.717) is 5.56 Å². The summed E-state index contributed by atoms with van der Waals surface area (Å²) in [7, 11) is 0. The summed E-state index contributed by atoms with van der Waals surface area (Å²) in [5.41, 5.74) is 56.8. The Hall–Kier alpha value is -8.33. The fourth-order valence-corrected chi connectivity index (χ4v) is 18.6. The number of hydrogen-bond donors (Lipinski definition) is 0. The molecule has 0 N–H and O–H groups in total. The van der Waals surface area contributed by atoms with Gasteiger partial charge in [0.25, 0.3) is 0 Å². The van der Waals surface area contributed by atoms with E-state index >= 15 is 0 Å². The van der Waals surface area contributed by atoms with Crippen molar-refractivity contribution in [2.45, 2.75) is 241 Å². The Bertz CT molecular complexity index is 5240. The van der Waals surface area contributed by atoms with E-state index in [-0.39, 0.29) is 5.92 Å². The zero-order chi connectivity index (χ0) is 69.8. The van der Waals surface area contributed by atoms with Gasteiger partial charge in [-0.1, -0.05) is 13.8 Å². The highest BCUT2D eigenvalue weighted by Crippen LogP contribution is 2.56. The van der Waals surface area contributed by atoms with Crippen molar-refractivity contribution in [2.24, 2.45) is 0 Å². The standard InChI is InChI=1S/C90H103N5/c1-36(2)70-89(94-83-65(31)49(15)41(7)57(23)75(83)76-58(24)42(8)50(16)66(32)84(76)94)87(92-79-61(27)45(11)37(3)53(19)71(79)72-54(20)38(4)46(12)62(28)80(72)92)69(35-91)88(93-81-63(29)47(13)39(5)55(21)73(81)74-56(22)40(6)48(14)64(30)82(74)93)90(70)95-85-67(33)51(17)43(9)59(25)77(85)78-60(26)44(10)52(18)68(34)86(78)95/h36H,1-34H3. The molecule has 9 aromatic carbocycles. The molecule has 0 aliphatic rings. The van der Waals surface area contributed by atoms with Gasteiger partial charge in [0.15, 0.2) is 0 Å². The molecule has 0 saturated heterocycles. The number of aryl methyl sites for hydroxylation is 16. The number of rotatable bonds is 5. The lowest BCUT2D eigenvalue weighted by molar-refractivity contribution is 0.831. The minimum absolute atomic E-state index is 0.134. The largest absolute Gasteiger partial charge is 0.306 e. The molecular weight excluding hydrogens is 1150 g/mol. The van der Waals surface area contributed by atoms with Crippen molar-refractivity contribution in [1.82, 2.24) is 18.3 Å². The lowest BCUT2D eigenvalue weighted by Crippen LogP contribution is -2.20. The van der Waals surface area contributed by atoms with Gasteiger partial charge in [0.05, 0.1) is 66.9 Å². The van der Waals surface area contributed by atoms with Crippen LogP contribution in [0.5, 0.6) is 0 Å². The molecule has 0 saturated carbocycles. The molecule has 0 bridgehead atoms. The van der Waals surface area contributed by atoms with Crippen molar-refractivity contribution in [3.05, 3.63) is 189 Å². The molecule has 4 heterocycles. The minimum atomic E-state index is -0.134. The predicted octanol–water partition coefficient (Wildman–Crippen LogP) is 24.9. The summed E-state index contributed by atoms with van der Waals surface area (Å²) in [6, 6.07) is 3.42. The molecular formula is C90H103N5. The molecule has 0 unspecified atom stereocenters. The van der Waals surface area contributed by atoms with Crippen molar-refractivity contribution < 1.29 is 0 Å². The van der Waals surface area contributed by atoms with Gasteiger partial charge in [0.1, 0.15) is 11.6 Å². The Morgan fingerprint density at radius 1 is 0.189 bits per heavy atom. The second-order valence-corrected chi connectivity index (χ2v) is 30.6. The number of benzene rings is 9. The first-order chi connectivity index (χ1) is 44.4. The van der Waals surface area contributed by atoms with Gasteiger partial charge in [-0.3, -0.25) is 0 Å². The normalized spacial score (nSPS) is 12.4. The van der Waals surface area contributed by atoms with Gasteiger partial charge in [-0.25, -0.2) is 0 Å². The minimum Gasteiger partial charge on any atom is -0.306 e. The van der Waals surface area contributed by atoms with Crippen LogP contribution in [-0.2, 0) is 0 Å². The van der Waals surface area contributed by atoms with Crippen molar-refractivity contribution in [3.63, 3.8) is 0 Å². The van der Waals surface area contributed by atoms with Gasteiger partial charge < -0.3 is 18.3 Å². The summed E-state index contributed by atoms with van der Waals surface area (Å²) in [4.78, 5) is 0. The van der Waals surface area contributed by atoms with E-state index in [4.69, 9.17) is 0 Å². The Labute approximate surface area is 566 Å². The third-order valence-electron chi connectivity index (χ3n) is 27.0. The van der Waals surface area contributed by atoms with Crippen LogP contribution in [-0.4, -0.2) is 18.3 Å². The zero-order valence-electron chi connectivity index (χ0n) is 64.3. The second kappa shape index (κ2) is 21.3. The van der Waals surface area contributed by atoms with Crippen LogP contribution in [0.3, 0.4) is 0 Å². The molecule has 5 heteroatoms. The fraction of sp³-hybridized carbons (Fsp3) is 0.389. The Morgan fingerprint density at radius 2 is 0.316 bits per heavy atom. The lowest BCUT2D eigenvalue weighted by Gasteiger charge is -2.32. The maximum absolute atomic E-state index is 14.0. The molecule has 0 aliphatic heterocycles. The Balaban J connectivity index is 1.57. The van der Waals surface area contributed by atoms with Crippen LogP contribution in [0.2, 0.25) is 0 Å². The third-order valence-corrected chi connectivity index (χ3v) is 27.0. The van der Waals surface area contributed by atoms with E-state index in [9.17, 15) is 5.26 Å². The number of aromatic nitrogens is 4. The molecule has 13 rings (SSSR count). The summed E-state index contributed by atoms with van der Waals surface area (Å²) in [6.07, 6.45) is 0. The first kappa shape index (κ1) is 65.3. The maximum atomic E-state index is 14.0. The molecule has 4 aromatic heterocycles. The van der Waals surface area contributed by atoms with Crippen LogP contribution in [0.1, 0.15) is 209 Å². The highest BCUT2D eigenvalue weighted by molar-refractivity contribution is 6.22. The van der Waals surface area contributed by atoms with Crippen molar-refractivity contribution in [3.8, 4) is 28.8 Å². The molecule has 5 nitrogen and oxygen atoms in total. The summed E-state index contributed by atoms with van der Waals surface area (Å²) in [6.45, 7) is 80.4. The monoisotopic (exact) mass is 1250 g/mol. The number of fused-ring (bicyclic) bond motifs is 12. The van der Waals surface area contributed by atoms with Crippen LogP contribution < -0.4 is 0 Å². The zero-order valence-corrected chi connectivity index (χ0v) is 64.3. The molecule has 0 atom stereocenters. The average Bonchev–Trinajstić information content (AvgIpc) is 1.54. The van der Waals surface area contributed by atoms with Crippen molar-refractivity contribution in [1.29, 1.82) is 5.26 Å². The highest BCUT2D eigenvalue weighted by atomic mass is 15.1. The molecule has 13 aromatic rings. The van der Waals surface area contributed by atoms with Gasteiger partial charge in [0.2, 0.25) is 0 Å². The maximum Gasteiger partial charge on any atom is 0.104 e. The Kier molecular flexibility index (Phi) is 14.7. The average molecular weight is 1250 g/mol. The topological polar surface area (TPSA) is 43.5 Å².